The molecule has 10 amide bonds. The van der Waals surface area contributed by atoms with Crippen LogP contribution < -0.4 is 16.0 Å². The lowest BCUT2D eigenvalue weighted by molar-refractivity contribution is -0.152. The van der Waals surface area contributed by atoms with Crippen molar-refractivity contribution in [3.05, 3.63) is 35.9 Å². The quantitative estimate of drug-likeness (QED) is 0.0750. The zero-order valence-electron chi connectivity index (χ0n) is 53.8. The Morgan fingerprint density at radius 1 is 0.647 bits per heavy atom. The SMILES string of the molecule is CCC(=O)N(C)[C@@H](C)C(=O)N(C)[C@@H](Cc1ccccc1)C(=O)N(C)[C@@H](CC(C)C)C(=O)N[C@H](C(=O)N(C)CC(=O)N(C)[C@@H](CC(C)C)C(=O)N[C@@H](COC(C)(C)C)C(=O)N(C)[C@H](C(=O)N[C@@H](CS(=O)[O-])C(=O)N1CCCCC1)[C@@H](C)CC)[C@@H](C)O. The highest BCUT2D eigenvalue weighted by Gasteiger charge is 2.42. The van der Waals surface area contributed by atoms with Gasteiger partial charge in [-0.25, -0.2) is 0 Å². The maximum absolute atomic E-state index is 14.7. The predicted octanol–water partition coefficient (Wildman–Crippen LogP) is 1.93. The first-order chi connectivity index (χ1) is 39.5. The number of carbonyl (C=O) groups excluding carboxylic acids is 10. The van der Waals surface area contributed by atoms with E-state index in [0.29, 0.717) is 19.5 Å². The van der Waals surface area contributed by atoms with Crippen LogP contribution in [0.25, 0.3) is 0 Å². The van der Waals surface area contributed by atoms with Crippen molar-refractivity contribution in [1.29, 1.82) is 0 Å². The lowest BCUT2D eigenvalue weighted by Crippen LogP contribution is -2.62. The summed E-state index contributed by atoms with van der Waals surface area (Å²) in [6.45, 7) is 20.4. The molecule has 0 aliphatic carbocycles. The van der Waals surface area contributed by atoms with Crippen molar-refractivity contribution in [2.24, 2.45) is 17.8 Å². The first-order valence-electron chi connectivity index (χ1n) is 29.7. The monoisotopic (exact) mass is 1220 g/mol. The molecule has 4 N–H and O–H groups in total. The lowest BCUT2D eigenvalue weighted by atomic mass is 9.95. The number of rotatable bonds is 32. The second kappa shape index (κ2) is 34.9. The molecule has 0 saturated carbocycles. The summed E-state index contributed by atoms with van der Waals surface area (Å²) < 4.78 is 30.0. The molecule has 25 heteroatoms. The Hall–Kier alpha value is -6.05. The lowest BCUT2D eigenvalue weighted by Gasteiger charge is -2.37. The van der Waals surface area contributed by atoms with Gasteiger partial charge >= 0.3 is 0 Å². The number of ether oxygens (including phenoxy) is 1. The molecule has 1 heterocycles. The molecule has 1 aliphatic heterocycles. The standard InChI is InChI=1S/C60H102N10O14S/c1-19-39(7)51(54(76)62-44(36-85(82)83)57(79)70-29-25-22-26-30-70)69(18)56(78)43(35-84-60(10,11)12)61-52(74)45(31-37(3)4)66(15)49(73)34-64(13)59(81)50(41(9)71)63-53(75)46(32-38(5)6)67(16)58(80)47(33-42-27-23-21-24-28-42)68(17)55(77)40(8)65(14)48(72)20-2/h21,23-24,27-28,37-41,43-47,50-51,71H,19-20,22,25-26,29-36H2,1-18H3,(H,61,74)(H,62,76)(H,63,75)(H,82,83)/p-1/t39-,40-,41+,43-,44-,45-,46-,47-,50-,51-/m0/s1. The van der Waals surface area contributed by atoms with Gasteiger partial charge in [-0.2, -0.15) is 0 Å². The van der Waals surface area contributed by atoms with Crippen molar-refractivity contribution in [2.75, 3.05) is 74.3 Å². The van der Waals surface area contributed by atoms with Gasteiger partial charge in [-0.3, -0.25) is 52.2 Å². The van der Waals surface area contributed by atoms with Gasteiger partial charge in [-0.05, 0) is 90.0 Å². The first kappa shape index (κ1) is 75.0. The summed E-state index contributed by atoms with van der Waals surface area (Å²) in [6.07, 6.45) is 1.62. The van der Waals surface area contributed by atoms with Crippen LogP contribution in [0.2, 0.25) is 0 Å². The minimum absolute atomic E-state index is 0.0606. The van der Waals surface area contributed by atoms with Crippen LogP contribution in [0.15, 0.2) is 30.3 Å². The van der Waals surface area contributed by atoms with Crippen molar-refractivity contribution < 1.29 is 66.6 Å². The average molecular weight is 1220 g/mol. The van der Waals surface area contributed by atoms with E-state index >= 15 is 0 Å². The predicted molar refractivity (Wildman–Crippen MR) is 322 cm³/mol. The molecule has 1 aromatic carbocycles. The molecule has 482 valence electrons. The Labute approximate surface area is 507 Å². The Morgan fingerprint density at radius 3 is 1.66 bits per heavy atom. The Morgan fingerprint density at radius 2 is 1.16 bits per heavy atom. The molecule has 24 nitrogen and oxygen atoms in total. The summed E-state index contributed by atoms with van der Waals surface area (Å²) in [6, 6.07) is -1.28. The topological polar surface area (TPSA) is 299 Å². The molecule has 1 unspecified atom stereocenters. The number of benzene rings is 1. The van der Waals surface area contributed by atoms with E-state index in [-0.39, 0.29) is 50.0 Å². The maximum Gasteiger partial charge on any atom is 0.248 e. The van der Waals surface area contributed by atoms with Crippen LogP contribution in [-0.4, -0.2) is 242 Å². The normalized spacial score (nSPS) is 16.6. The fourth-order valence-corrected chi connectivity index (χ4v) is 10.5. The van der Waals surface area contributed by atoms with Crippen LogP contribution in [-0.2, 0) is 70.2 Å². The van der Waals surface area contributed by atoms with Crippen molar-refractivity contribution >= 4 is 70.2 Å². The summed E-state index contributed by atoms with van der Waals surface area (Å²) in [7, 11) is 8.41. The minimum Gasteiger partial charge on any atom is -0.772 e. The highest BCUT2D eigenvalue weighted by molar-refractivity contribution is 7.79. The fourth-order valence-electron chi connectivity index (χ4n) is 10.0. The summed E-state index contributed by atoms with van der Waals surface area (Å²) in [5.74, 6) is -8.22. The number of nitrogens with zero attached hydrogens (tertiary/aromatic N) is 7. The summed E-state index contributed by atoms with van der Waals surface area (Å²) in [5, 5.41) is 19.1. The van der Waals surface area contributed by atoms with Crippen LogP contribution >= 0.6 is 0 Å². The van der Waals surface area contributed by atoms with Gasteiger partial charge in [-0.15, -0.1) is 0 Å². The van der Waals surface area contributed by atoms with Gasteiger partial charge in [0.1, 0.15) is 48.3 Å². The van der Waals surface area contributed by atoms with E-state index in [1.165, 1.54) is 68.8 Å². The second-order valence-electron chi connectivity index (χ2n) is 24.5. The number of piperidine rings is 1. The minimum atomic E-state index is -2.71. The van der Waals surface area contributed by atoms with Crippen molar-refractivity contribution in [3.8, 4) is 0 Å². The van der Waals surface area contributed by atoms with Crippen molar-refractivity contribution in [2.45, 2.75) is 194 Å². The average Bonchev–Trinajstić information content (AvgIpc) is 3.65. The number of aliphatic hydroxyl groups is 1. The van der Waals surface area contributed by atoms with E-state index in [9.17, 15) is 61.8 Å². The first-order valence-corrected chi connectivity index (χ1v) is 30.9. The third kappa shape index (κ3) is 23.0. The smallest absolute Gasteiger partial charge is 0.248 e. The molecule has 1 aromatic rings. The van der Waals surface area contributed by atoms with Crippen LogP contribution in [0.1, 0.15) is 134 Å². The van der Waals surface area contributed by atoms with Gasteiger partial charge in [-0.1, -0.05) is 96.3 Å². The van der Waals surface area contributed by atoms with E-state index < -0.39 is 143 Å². The molecule has 0 radical (unpaired) electrons. The zero-order valence-corrected chi connectivity index (χ0v) is 54.6. The number of likely N-dealkylation sites (N-methyl/N-ethyl adjacent to an activating group) is 6. The summed E-state index contributed by atoms with van der Waals surface area (Å²) >= 11 is -2.71. The third-order valence-corrected chi connectivity index (χ3v) is 16.2. The zero-order chi connectivity index (χ0) is 65.0. The molecular formula is C60H101N10O14S-. The van der Waals surface area contributed by atoms with E-state index in [1.54, 1.807) is 72.7 Å². The molecule has 1 saturated heterocycles. The number of aliphatic hydroxyl groups excluding tert-OH is 1. The van der Waals surface area contributed by atoms with E-state index in [1.807, 2.05) is 33.8 Å². The van der Waals surface area contributed by atoms with Gasteiger partial charge < -0.3 is 64.6 Å². The molecule has 0 bridgehead atoms. The van der Waals surface area contributed by atoms with E-state index in [2.05, 4.69) is 16.0 Å². The van der Waals surface area contributed by atoms with Gasteiger partial charge in [0.25, 0.3) is 0 Å². The van der Waals surface area contributed by atoms with E-state index in [4.69, 9.17) is 4.74 Å². The molecule has 85 heavy (non-hydrogen) atoms. The van der Waals surface area contributed by atoms with Crippen LogP contribution in [0, 0.1) is 17.8 Å². The van der Waals surface area contributed by atoms with E-state index in [0.717, 1.165) is 39.5 Å². The van der Waals surface area contributed by atoms with Crippen LogP contribution in [0.4, 0.5) is 0 Å². The Kier molecular flexibility index (Phi) is 30.8. The summed E-state index contributed by atoms with van der Waals surface area (Å²) in [5.41, 5.74) is -0.100. The van der Waals surface area contributed by atoms with Crippen LogP contribution in [0.3, 0.4) is 0 Å². The molecule has 0 aromatic heterocycles. The highest BCUT2D eigenvalue weighted by Crippen LogP contribution is 2.22. The second-order valence-corrected chi connectivity index (χ2v) is 25.5. The largest absolute Gasteiger partial charge is 0.772 e. The number of hydrogen-bond acceptors (Lipinski definition) is 14. The summed E-state index contributed by atoms with van der Waals surface area (Å²) in [4.78, 5) is 150. The Bertz CT molecular complexity index is 2440. The number of hydrogen-bond donors (Lipinski definition) is 4. The van der Waals surface area contributed by atoms with Gasteiger partial charge in [0, 0.05) is 74.0 Å². The molecule has 11 atom stereocenters. The highest BCUT2D eigenvalue weighted by atomic mass is 32.2. The number of carbonyl (C=O) groups is 10. The molecular weight excluding hydrogens is 1120 g/mol. The van der Waals surface area contributed by atoms with Gasteiger partial charge in [0.15, 0.2) is 0 Å². The number of amides is 10. The molecule has 2 rings (SSSR count). The van der Waals surface area contributed by atoms with Gasteiger partial charge in [0.2, 0.25) is 59.1 Å². The van der Waals surface area contributed by atoms with Crippen molar-refractivity contribution in [3.63, 3.8) is 0 Å². The Balaban J connectivity index is 2.47. The third-order valence-electron chi connectivity index (χ3n) is 15.6. The van der Waals surface area contributed by atoms with Crippen molar-refractivity contribution in [1.82, 2.24) is 50.2 Å². The molecule has 1 aliphatic rings. The van der Waals surface area contributed by atoms with Gasteiger partial charge in [0.05, 0.1) is 24.9 Å². The van der Waals surface area contributed by atoms with Crippen LogP contribution in [0.5, 0.6) is 0 Å². The number of likely N-dealkylation sites (tertiary alicyclic amines) is 1. The fraction of sp³-hybridized carbons (Fsp3) is 0.733. The molecule has 1 fully saturated rings. The maximum atomic E-state index is 14.7. The molecule has 0 spiro atoms. The number of nitrogens with one attached hydrogen (secondary N) is 3.